The lowest BCUT2D eigenvalue weighted by atomic mass is 9.83. The predicted molar refractivity (Wildman–Crippen MR) is 209 cm³/mol. The van der Waals surface area contributed by atoms with Gasteiger partial charge in [0.2, 0.25) is 17.7 Å². The topological polar surface area (TPSA) is 184 Å². The Morgan fingerprint density at radius 3 is 2.47 bits per heavy atom. The molecule has 0 spiro atoms. The van der Waals surface area contributed by atoms with E-state index in [1.165, 1.54) is 4.90 Å². The van der Waals surface area contributed by atoms with E-state index in [4.69, 9.17) is 23.7 Å². The molecule has 3 N–H and O–H groups in total. The summed E-state index contributed by atoms with van der Waals surface area (Å²) in [5.41, 5.74) is -2.58. The fourth-order valence-electron chi connectivity index (χ4n) is 8.19. The minimum Gasteiger partial charge on any atom is -0.497 e. The summed E-state index contributed by atoms with van der Waals surface area (Å²) in [5, 5.41) is 9.52. The molecule has 15 heteroatoms. The van der Waals surface area contributed by atoms with Gasteiger partial charge in [-0.05, 0) is 94.9 Å². The van der Waals surface area contributed by atoms with Gasteiger partial charge in [-0.1, -0.05) is 38.7 Å². The lowest BCUT2D eigenvalue weighted by Gasteiger charge is -2.35. The van der Waals surface area contributed by atoms with Crippen LogP contribution in [-0.4, -0.2) is 95.2 Å². The molecule has 15 nitrogen and oxygen atoms in total. The number of fused-ring (bicyclic) bond motifs is 1. The number of hydrogen-bond acceptors (Lipinski definition) is 11. The van der Waals surface area contributed by atoms with Crippen molar-refractivity contribution in [3.05, 3.63) is 43.1 Å². The number of likely N-dealkylation sites (tertiary alicyclic amines) is 1. The highest BCUT2D eigenvalue weighted by molar-refractivity contribution is 6.03. The number of imide groups is 1. The van der Waals surface area contributed by atoms with Crippen LogP contribution in [0.25, 0.3) is 10.8 Å². The molecule has 4 aliphatic rings. The molecule has 5 amide bonds. The van der Waals surface area contributed by atoms with E-state index in [-0.39, 0.29) is 37.7 Å². The maximum absolute atomic E-state index is 14.8. The SMILES string of the molecule is C=C[C@@H]1C[C@]1(NC(=O)[C@@H]1C[C@@H](Oc2nccc3cc(OC)ccc23)CN1C(=O)[C@@H](NC(=O)OC(C)(C)C)C1CCCCC1)C(=O)NC(=O)OCOC1(CCC)CC1. The third kappa shape index (κ3) is 9.97. The smallest absolute Gasteiger partial charge is 0.416 e. The quantitative estimate of drug-likeness (QED) is 0.149. The van der Waals surface area contributed by atoms with Crippen LogP contribution >= 0.6 is 0 Å². The maximum atomic E-state index is 14.8. The Morgan fingerprint density at radius 1 is 1.07 bits per heavy atom. The van der Waals surface area contributed by atoms with Gasteiger partial charge >= 0.3 is 12.2 Å². The molecule has 6 rings (SSSR count). The number of benzene rings is 1. The Morgan fingerprint density at radius 2 is 1.82 bits per heavy atom. The lowest BCUT2D eigenvalue weighted by Crippen LogP contribution is -2.59. The van der Waals surface area contributed by atoms with E-state index in [9.17, 15) is 24.0 Å². The number of ether oxygens (including phenoxy) is 5. The molecule has 1 aromatic carbocycles. The standard InChI is InChI=1S/C42H57N5O10/c1-7-17-41(18-19-41)55-25-54-38(51)45-37(50)42(23-28(42)8-2)46-34(48)32-22-30(56-35-31-15-14-29(53-6)21-27(31)16-20-43-35)24-47(32)36(49)33(26-12-10-9-11-13-26)44-39(52)57-40(3,4)5/h8,14-16,20-21,26,28,30,32-33H,2,7,9-13,17-19,22-25H2,1,3-6H3,(H,44,52)(H,46,48)(H,45,50,51)/t28-,30-,32+,33+,42-/m1/s1. The average molecular weight is 792 g/mol. The van der Waals surface area contributed by atoms with Crippen molar-refractivity contribution in [3.8, 4) is 11.6 Å². The van der Waals surface area contributed by atoms with E-state index in [1.54, 1.807) is 46.2 Å². The minimum absolute atomic E-state index is 0.000290. The number of methoxy groups -OCH3 is 1. The molecule has 1 aliphatic heterocycles. The molecular formula is C42H57N5O10. The van der Waals surface area contributed by atoms with Crippen LogP contribution in [0.1, 0.15) is 98.3 Å². The number of aromatic nitrogens is 1. The number of pyridine rings is 1. The summed E-state index contributed by atoms with van der Waals surface area (Å²) in [6.45, 7) is 10.8. The first kappa shape index (κ1) is 41.7. The monoisotopic (exact) mass is 791 g/mol. The zero-order valence-corrected chi connectivity index (χ0v) is 33.7. The van der Waals surface area contributed by atoms with Crippen molar-refractivity contribution in [2.75, 3.05) is 20.4 Å². The number of amides is 5. The van der Waals surface area contributed by atoms with Gasteiger partial charge in [0, 0.05) is 23.9 Å². The van der Waals surface area contributed by atoms with E-state index >= 15 is 0 Å². The molecule has 57 heavy (non-hydrogen) atoms. The Balaban J connectivity index is 1.23. The summed E-state index contributed by atoms with van der Waals surface area (Å²) in [5.74, 6) is -1.51. The Hall–Kier alpha value is -4.92. The fraction of sp³-hybridized carbons (Fsp3) is 0.619. The second-order valence-corrected chi connectivity index (χ2v) is 16.8. The highest BCUT2D eigenvalue weighted by Crippen LogP contribution is 2.46. The van der Waals surface area contributed by atoms with Crippen molar-refractivity contribution in [2.24, 2.45) is 11.8 Å². The van der Waals surface area contributed by atoms with Gasteiger partial charge in [-0.25, -0.2) is 14.6 Å². The first-order valence-corrected chi connectivity index (χ1v) is 20.2. The first-order valence-electron chi connectivity index (χ1n) is 20.2. The molecule has 310 valence electrons. The molecule has 4 fully saturated rings. The van der Waals surface area contributed by atoms with E-state index in [2.05, 4.69) is 34.4 Å². The normalized spacial score (nSPS) is 24.4. The average Bonchev–Trinajstić information content (AvgIpc) is 4.07. The summed E-state index contributed by atoms with van der Waals surface area (Å²) in [7, 11) is 1.58. The van der Waals surface area contributed by atoms with Gasteiger partial charge in [0.1, 0.15) is 35.1 Å². The zero-order valence-electron chi connectivity index (χ0n) is 33.7. The largest absolute Gasteiger partial charge is 0.497 e. The van der Waals surface area contributed by atoms with Crippen molar-refractivity contribution in [1.82, 2.24) is 25.8 Å². The predicted octanol–water partition coefficient (Wildman–Crippen LogP) is 5.69. The molecule has 1 aromatic heterocycles. The summed E-state index contributed by atoms with van der Waals surface area (Å²) < 4.78 is 28.4. The molecule has 3 aliphatic carbocycles. The van der Waals surface area contributed by atoms with Crippen LogP contribution in [0.15, 0.2) is 43.1 Å². The van der Waals surface area contributed by atoms with Crippen LogP contribution in [-0.2, 0) is 28.6 Å². The molecule has 0 radical (unpaired) electrons. The van der Waals surface area contributed by atoms with Crippen molar-refractivity contribution >= 4 is 40.7 Å². The number of nitrogens with zero attached hydrogens (tertiary/aromatic N) is 2. The van der Waals surface area contributed by atoms with Gasteiger partial charge in [0.15, 0.2) is 6.79 Å². The first-order chi connectivity index (χ1) is 27.2. The number of carbonyl (C=O) groups is 5. The molecule has 3 saturated carbocycles. The molecule has 0 bridgehead atoms. The molecule has 5 atom stereocenters. The van der Waals surface area contributed by atoms with Crippen molar-refractivity contribution in [2.45, 2.75) is 133 Å². The number of alkyl carbamates (subject to hydrolysis) is 2. The van der Waals surface area contributed by atoms with Crippen LogP contribution in [0.2, 0.25) is 0 Å². The highest BCUT2D eigenvalue weighted by Gasteiger charge is 2.61. The van der Waals surface area contributed by atoms with Crippen LogP contribution < -0.4 is 25.4 Å². The number of hydrogen-bond donors (Lipinski definition) is 3. The highest BCUT2D eigenvalue weighted by atomic mass is 16.7. The van der Waals surface area contributed by atoms with Crippen molar-refractivity contribution in [3.63, 3.8) is 0 Å². The molecular weight excluding hydrogens is 734 g/mol. The second-order valence-electron chi connectivity index (χ2n) is 16.8. The minimum atomic E-state index is -1.50. The lowest BCUT2D eigenvalue weighted by molar-refractivity contribution is -0.142. The van der Waals surface area contributed by atoms with Gasteiger partial charge in [0.25, 0.3) is 5.91 Å². The maximum Gasteiger partial charge on any atom is 0.416 e. The second kappa shape index (κ2) is 17.3. The van der Waals surface area contributed by atoms with E-state index in [0.29, 0.717) is 29.9 Å². The Kier molecular flexibility index (Phi) is 12.7. The van der Waals surface area contributed by atoms with E-state index in [1.807, 2.05) is 18.2 Å². The van der Waals surface area contributed by atoms with Crippen molar-refractivity contribution < 1.29 is 47.7 Å². The van der Waals surface area contributed by atoms with Gasteiger partial charge in [0.05, 0.1) is 19.3 Å². The van der Waals surface area contributed by atoms with E-state index in [0.717, 1.165) is 50.3 Å². The summed E-state index contributed by atoms with van der Waals surface area (Å²) in [4.78, 5) is 74.7. The van der Waals surface area contributed by atoms with Gasteiger partial charge < -0.3 is 39.2 Å². The third-order valence-electron chi connectivity index (χ3n) is 11.5. The zero-order chi connectivity index (χ0) is 41.0. The van der Waals surface area contributed by atoms with Gasteiger partial charge in [-0.3, -0.25) is 19.7 Å². The van der Waals surface area contributed by atoms with Gasteiger partial charge in [-0.2, -0.15) is 0 Å². The van der Waals surface area contributed by atoms with Gasteiger partial charge in [-0.15, -0.1) is 6.58 Å². The molecule has 0 unspecified atom stereocenters. The molecule has 2 heterocycles. The number of rotatable bonds is 15. The summed E-state index contributed by atoms with van der Waals surface area (Å²) >= 11 is 0. The van der Waals surface area contributed by atoms with Crippen LogP contribution in [0.5, 0.6) is 11.6 Å². The van der Waals surface area contributed by atoms with E-state index < -0.39 is 65.2 Å². The molecule has 1 saturated heterocycles. The Labute approximate surface area is 333 Å². The number of nitrogens with one attached hydrogen (secondary N) is 3. The fourth-order valence-corrected chi connectivity index (χ4v) is 8.19. The summed E-state index contributed by atoms with van der Waals surface area (Å²) in [6, 6.07) is 5.24. The molecule has 2 aromatic rings. The number of carbonyl (C=O) groups excluding carboxylic acids is 5. The van der Waals surface area contributed by atoms with Crippen LogP contribution in [0.3, 0.4) is 0 Å². The van der Waals surface area contributed by atoms with Crippen LogP contribution in [0.4, 0.5) is 9.59 Å². The van der Waals surface area contributed by atoms with Crippen LogP contribution in [0, 0.1) is 11.8 Å². The third-order valence-corrected chi connectivity index (χ3v) is 11.5. The van der Waals surface area contributed by atoms with Crippen molar-refractivity contribution in [1.29, 1.82) is 0 Å². The Bertz CT molecular complexity index is 1840. The summed E-state index contributed by atoms with van der Waals surface area (Å²) in [6.07, 6.45) is 8.80.